The molecule has 2 aliphatic heterocycles. The maximum absolute atomic E-state index is 13.6. The molecule has 5 rings (SSSR count). The normalized spacial score (nSPS) is 19.1. The van der Waals surface area contributed by atoms with E-state index in [0.717, 1.165) is 36.4 Å². The lowest BCUT2D eigenvalue weighted by Crippen LogP contribution is -2.42. The monoisotopic (exact) mass is 464 g/mol. The van der Waals surface area contributed by atoms with Crippen molar-refractivity contribution in [3.05, 3.63) is 77.8 Å². The largest absolute Gasteiger partial charge is 0.342 e. The number of halogens is 2. The van der Waals surface area contributed by atoms with Crippen LogP contribution in [0.2, 0.25) is 0 Å². The highest BCUT2D eigenvalue weighted by atomic mass is 19.2. The number of imidazole rings is 1. The highest BCUT2D eigenvalue weighted by Gasteiger charge is 2.37. The number of rotatable bonds is 5. The number of likely N-dealkylation sites (tertiary alicyclic amines) is 2. The van der Waals surface area contributed by atoms with Crippen molar-refractivity contribution in [3.63, 3.8) is 0 Å². The van der Waals surface area contributed by atoms with Gasteiger partial charge in [-0.2, -0.15) is 0 Å². The van der Waals surface area contributed by atoms with Gasteiger partial charge in [0, 0.05) is 44.1 Å². The van der Waals surface area contributed by atoms with E-state index in [1.165, 1.54) is 6.07 Å². The fraction of sp³-hybridized carbons (Fsp3) is 0.346. The molecule has 2 amide bonds. The van der Waals surface area contributed by atoms with Crippen LogP contribution in [-0.4, -0.2) is 51.2 Å². The topological polar surface area (TPSA) is 69.3 Å². The van der Waals surface area contributed by atoms with E-state index in [9.17, 15) is 18.4 Å². The first-order valence-corrected chi connectivity index (χ1v) is 11.6. The van der Waals surface area contributed by atoms with Gasteiger partial charge in [-0.1, -0.05) is 30.3 Å². The summed E-state index contributed by atoms with van der Waals surface area (Å²) >= 11 is 0. The zero-order valence-electron chi connectivity index (χ0n) is 18.7. The summed E-state index contributed by atoms with van der Waals surface area (Å²) in [6, 6.07) is 13.6. The van der Waals surface area contributed by atoms with Crippen molar-refractivity contribution in [2.75, 3.05) is 19.6 Å². The molecule has 6 nitrogen and oxygen atoms in total. The van der Waals surface area contributed by atoms with Gasteiger partial charge in [0.2, 0.25) is 11.8 Å². The molecule has 34 heavy (non-hydrogen) atoms. The fourth-order valence-corrected chi connectivity index (χ4v) is 4.88. The third-order valence-corrected chi connectivity index (χ3v) is 6.80. The van der Waals surface area contributed by atoms with E-state index in [0.29, 0.717) is 37.4 Å². The molecule has 1 atom stereocenters. The van der Waals surface area contributed by atoms with Crippen molar-refractivity contribution in [1.29, 1.82) is 0 Å². The predicted octanol–water partition coefficient (Wildman–Crippen LogP) is 4.11. The number of amides is 2. The van der Waals surface area contributed by atoms with E-state index < -0.39 is 11.6 Å². The second-order valence-corrected chi connectivity index (χ2v) is 9.07. The van der Waals surface area contributed by atoms with Crippen molar-refractivity contribution >= 4 is 11.8 Å². The summed E-state index contributed by atoms with van der Waals surface area (Å²) in [5.41, 5.74) is 2.23. The van der Waals surface area contributed by atoms with Crippen LogP contribution in [0.25, 0.3) is 11.3 Å². The molecule has 0 bridgehead atoms. The minimum absolute atomic E-state index is 0.0254. The molecule has 0 saturated carbocycles. The first-order valence-electron chi connectivity index (χ1n) is 11.6. The molecule has 0 spiro atoms. The molecule has 2 aromatic carbocycles. The lowest BCUT2D eigenvalue weighted by Gasteiger charge is -2.32. The maximum atomic E-state index is 13.6. The van der Waals surface area contributed by atoms with E-state index in [2.05, 4.69) is 9.97 Å². The summed E-state index contributed by atoms with van der Waals surface area (Å²) in [6.45, 7) is 2.20. The average Bonchev–Trinajstić information content (AvgIpc) is 3.49. The first-order chi connectivity index (χ1) is 16.5. The van der Waals surface area contributed by atoms with Gasteiger partial charge in [0.25, 0.3) is 0 Å². The van der Waals surface area contributed by atoms with Crippen molar-refractivity contribution in [1.82, 2.24) is 19.8 Å². The summed E-state index contributed by atoms with van der Waals surface area (Å²) in [4.78, 5) is 36.9. The van der Waals surface area contributed by atoms with E-state index >= 15 is 0 Å². The highest BCUT2D eigenvalue weighted by molar-refractivity contribution is 5.89. The fourth-order valence-electron chi connectivity index (χ4n) is 4.88. The number of carbonyl (C=O) groups excluding carboxylic acids is 2. The standard InChI is InChI=1S/C26H26F2N4O2/c27-21-7-6-19(12-22(21)28)23-14-29-25(30-23)18-8-10-31(11-9-18)26(34)20-13-24(33)32(16-20)15-17-4-2-1-3-5-17/h1-7,12,14,18,20H,8-11,13,15-16H2,(H,29,30)/t20-/m1/s1. The molecule has 2 aliphatic rings. The zero-order valence-corrected chi connectivity index (χ0v) is 18.7. The van der Waals surface area contributed by atoms with E-state index in [4.69, 9.17) is 0 Å². The number of nitrogens with zero attached hydrogens (tertiary/aromatic N) is 3. The van der Waals surface area contributed by atoms with Gasteiger partial charge in [-0.05, 0) is 36.6 Å². The molecule has 0 aliphatic carbocycles. The summed E-state index contributed by atoms with van der Waals surface area (Å²) < 4.78 is 26.8. The Bertz CT molecular complexity index is 1190. The molecule has 1 aromatic heterocycles. The SMILES string of the molecule is O=C1C[C@@H](C(=O)N2CCC(c3ncc(-c4ccc(F)c(F)c4)[nH]3)CC2)CN1Cc1ccccc1. The number of piperidine rings is 1. The van der Waals surface area contributed by atoms with Crippen LogP contribution in [0.3, 0.4) is 0 Å². The Morgan fingerprint density at radius 2 is 1.82 bits per heavy atom. The van der Waals surface area contributed by atoms with Crippen molar-refractivity contribution in [2.24, 2.45) is 5.92 Å². The van der Waals surface area contributed by atoms with Gasteiger partial charge in [0.15, 0.2) is 11.6 Å². The Hall–Kier alpha value is -3.55. The summed E-state index contributed by atoms with van der Waals surface area (Å²) in [5, 5.41) is 0. The number of hydrogen-bond donors (Lipinski definition) is 1. The quantitative estimate of drug-likeness (QED) is 0.618. The molecule has 0 radical (unpaired) electrons. The molecular weight excluding hydrogens is 438 g/mol. The Morgan fingerprint density at radius 3 is 2.56 bits per heavy atom. The van der Waals surface area contributed by atoms with Gasteiger partial charge < -0.3 is 14.8 Å². The van der Waals surface area contributed by atoms with Crippen molar-refractivity contribution < 1.29 is 18.4 Å². The van der Waals surface area contributed by atoms with Crippen LogP contribution in [0.4, 0.5) is 8.78 Å². The number of nitrogens with one attached hydrogen (secondary N) is 1. The third-order valence-electron chi connectivity index (χ3n) is 6.80. The maximum Gasteiger partial charge on any atom is 0.227 e. The summed E-state index contributed by atoms with van der Waals surface area (Å²) in [5.74, 6) is -1.06. The van der Waals surface area contributed by atoms with Crippen LogP contribution in [0.15, 0.2) is 54.7 Å². The third kappa shape index (κ3) is 4.58. The zero-order chi connectivity index (χ0) is 23.7. The van der Waals surface area contributed by atoms with Gasteiger partial charge in [-0.3, -0.25) is 9.59 Å². The number of aromatic nitrogens is 2. The number of hydrogen-bond acceptors (Lipinski definition) is 3. The van der Waals surface area contributed by atoms with Gasteiger partial charge in [0.05, 0.1) is 17.8 Å². The van der Waals surface area contributed by atoms with Crippen LogP contribution in [0.1, 0.15) is 36.6 Å². The molecule has 0 unspecified atom stereocenters. The van der Waals surface area contributed by atoms with Crippen LogP contribution in [0, 0.1) is 17.6 Å². The number of H-pyrrole nitrogens is 1. The summed E-state index contributed by atoms with van der Waals surface area (Å²) in [7, 11) is 0. The molecule has 3 aromatic rings. The molecular formula is C26H26F2N4O2. The Kier molecular flexibility index (Phi) is 6.13. The molecule has 1 N–H and O–H groups in total. The lowest BCUT2D eigenvalue weighted by atomic mass is 9.95. The first kappa shape index (κ1) is 22.3. The van der Waals surface area contributed by atoms with Crippen LogP contribution >= 0.6 is 0 Å². The van der Waals surface area contributed by atoms with Gasteiger partial charge >= 0.3 is 0 Å². The molecule has 2 saturated heterocycles. The van der Waals surface area contributed by atoms with Gasteiger partial charge in [-0.15, -0.1) is 0 Å². The molecule has 176 valence electrons. The van der Waals surface area contributed by atoms with Crippen LogP contribution in [-0.2, 0) is 16.1 Å². The Balaban J connectivity index is 1.16. The molecule has 3 heterocycles. The molecule has 2 fully saturated rings. The smallest absolute Gasteiger partial charge is 0.227 e. The van der Waals surface area contributed by atoms with E-state index in [1.54, 1.807) is 11.1 Å². The average molecular weight is 465 g/mol. The second-order valence-electron chi connectivity index (χ2n) is 9.07. The summed E-state index contributed by atoms with van der Waals surface area (Å²) in [6.07, 6.45) is 3.40. The minimum atomic E-state index is -0.895. The lowest BCUT2D eigenvalue weighted by molar-refractivity contribution is -0.136. The van der Waals surface area contributed by atoms with Gasteiger partial charge in [-0.25, -0.2) is 13.8 Å². The predicted molar refractivity (Wildman–Crippen MR) is 122 cm³/mol. The van der Waals surface area contributed by atoms with E-state index in [1.807, 2.05) is 35.2 Å². The minimum Gasteiger partial charge on any atom is -0.342 e. The van der Waals surface area contributed by atoms with Gasteiger partial charge in [0.1, 0.15) is 5.82 Å². The number of benzene rings is 2. The highest BCUT2D eigenvalue weighted by Crippen LogP contribution is 2.30. The molecule has 8 heteroatoms. The van der Waals surface area contributed by atoms with Crippen molar-refractivity contribution in [3.8, 4) is 11.3 Å². The second kappa shape index (κ2) is 9.37. The van der Waals surface area contributed by atoms with E-state index in [-0.39, 0.29) is 30.1 Å². The van der Waals surface area contributed by atoms with Crippen molar-refractivity contribution in [2.45, 2.75) is 31.7 Å². The van der Waals surface area contributed by atoms with Crippen LogP contribution < -0.4 is 0 Å². The number of carbonyl (C=O) groups is 2. The van der Waals surface area contributed by atoms with Crippen LogP contribution in [0.5, 0.6) is 0 Å². The number of aromatic amines is 1. The Labute approximate surface area is 196 Å². The Morgan fingerprint density at radius 1 is 1.06 bits per heavy atom.